The lowest BCUT2D eigenvalue weighted by Gasteiger charge is -2.32. The third kappa shape index (κ3) is 10.6. The van der Waals surface area contributed by atoms with E-state index in [1.807, 2.05) is 18.2 Å². The number of fused-ring (bicyclic) bond motifs is 1. The van der Waals surface area contributed by atoms with Gasteiger partial charge in [0.2, 0.25) is 0 Å². The van der Waals surface area contributed by atoms with E-state index in [0.717, 1.165) is 49.7 Å². The third-order valence-electron chi connectivity index (χ3n) is 9.62. The summed E-state index contributed by atoms with van der Waals surface area (Å²) in [4.78, 5) is 30.0. The molecule has 0 aromatic heterocycles. The Bertz CT molecular complexity index is 1560. The number of rotatable bonds is 15. The Kier molecular flexibility index (Phi) is 14.1. The molecule has 0 amide bonds. The van der Waals surface area contributed by atoms with Gasteiger partial charge in [-0.15, -0.1) is 0 Å². The maximum absolute atomic E-state index is 13.0. The number of Topliss-reactive ketones (excluding diaryl/α,β-unsaturated/α-hetero) is 1. The maximum atomic E-state index is 13.0. The van der Waals surface area contributed by atoms with Crippen molar-refractivity contribution < 1.29 is 29.3 Å². The summed E-state index contributed by atoms with van der Waals surface area (Å²) in [5.74, 6) is 6.45. The van der Waals surface area contributed by atoms with Crippen LogP contribution < -0.4 is 16.2 Å². The average Bonchev–Trinajstić information content (AvgIpc) is 3.57. The lowest BCUT2D eigenvalue weighted by Crippen LogP contribution is -2.29. The quantitative estimate of drug-likeness (QED) is 0.0717. The van der Waals surface area contributed by atoms with Crippen molar-refractivity contribution in [1.82, 2.24) is 0 Å². The minimum Gasteiger partial charge on any atom is -0.508 e. The molecule has 1 fully saturated rings. The number of unbranched alkanes of at least 4 members (excludes halogenated alkanes) is 1. The largest absolute Gasteiger partial charge is 0.508 e. The number of benzene rings is 2. The average molecular weight is 672 g/mol. The molecule has 0 radical (unpaired) electrons. The molecule has 0 unspecified atom stereocenters. The molecule has 2 aliphatic carbocycles. The van der Waals surface area contributed by atoms with Gasteiger partial charge in [-0.1, -0.05) is 43.4 Å². The predicted octanol–water partition coefficient (Wildman–Crippen LogP) is 6.56. The Labute approximate surface area is 291 Å². The number of carbonyl (C=O) groups is 2. The lowest BCUT2D eigenvalue weighted by molar-refractivity contribution is -0.117. The normalized spacial score (nSPS) is 21.0. The smallest absolute Gasteiger partial charge is 0.186 e. The highest BCUT2D eigenvalue weighted by Crippen LogP contribution is 2.47. The molecule has 1 saturated carbocycles. The van der Waals surface area contributed by atoms with Gasteiger partial charge in [-0.3, -0.25) is 4.79 Å². The van der Waals surface area contributed by atoms with E-state index < -0.39 is 12.0 Å². The second kappa shape index (κ2) is 18.5. The molecule has 9 nitrogen and oxygen atoms in total. The Balaban J connectivity index is 1.99. The van der Waals surface area contributed by atoms with Crippen molar-refractivity contribution in [3.05, 3.63) is 64.7 Å². The number of carbonyl (C=O) groups excluding carboxylic acids is 2. The van der Waals surface area contributed by atoms with E-state index in [9.17, 15) is 19.8 Å². The summed E-state index contributed by atoms with van der Waals surface area (Å²) in [5, 5.41) is 22.6. The second-order valence-electron chi connectivity index (χ2n) is 13.5. The fraction of sp³-hybridized carbons (Fsp3) is 0.525. The highest BCUT2D eigenvalue weighted by molar-refractivity contribution is 5.89. The van der Waals surface area contributed by atoms with Crippen LogP contribution in [0.2, 0.25) is 0 Å². The van der Waals surface area contributed by atoms with E-state index in [0.29, 0.717) is 55.6 Å². The van der Waals surface area contributed by atoms with Gasteiger partial charge in [-0.05, 0) is 112 Å². The van der Waals surface area contributed by atoms with Crippen LogP contribution in [0, 0.1) is 17.8 Å². The van der Waals surface area contributed by atoms with E-state index >= 15 is 0 Å². The Morgan fingerprint density at radius 3 is 2.53 bits per heavy atom. The van der Waals surface area contributed by atoms with E-state index in [1.165, 1.54) is 0 Å². The molecule has 0 aliphatic heterocycles. The standard InChI is InChI=1S/C40H53N3O6/c1-4-5-6-11-30(45)18-16-28-24-37(49-32-13-7-8-14-32)39(47)38-34(28)21-20-33(27-10-9-12-31(46)23-27)36(43-40(41)42)22-17-29(25-48-3)35(38)19-15-26(2)44/h6,9-12,23-24,29,32-33,35-36,46-47H,4-5,7-8,13-19,22,25H2,1-3H3,(H4,41,42,43)/b11-6+/t29-,33+,35-,36-/m1/s1. The van der Waals surface area contributed by atoms with Gasteiger partial charge < -0.3 is 35.9 Å². The van der Waals surface area contributed by atoms with Crippen molar-refractivity contribution in [2.24, 2.45) is 22.4 Å². The number of allylic oxidation sites excluding steroid dienone is 2. The van der Waals surface area contributed by atoms with Gasteiger partial charge in [-0.2, -0.15) is 0 Å². The SMILES string of the molecule is CCC/C=C/C(=O)CCc1cc(OC2CCCC2)c(O)c2c1C#C[C@@H](c1cccc(O)c1)[C@H](N=C(N)N)CC[C@H](COC)[C@H]2CCC(C)=O. The zero-order valence-electron chi connectivity index (χ0n) is 29.2. The fourth-order valence-corrected chi connectivity index (χ4v) is 7.17. The van der Waals surface area contributed by atoms with Gasteiger partial charge in [0.1, 0.15) is 11.5 Å². The maximum Gasteiger partial charge on any atom is 0.186 e. The first-order chi connectivity index (χ1) is 23.6. The summed E-state index contributed by atoms with van der Waals surface area (Å²) < 4.78 is 12.3. The molecule has 49 heavy (non-hydrogen) atoms. The number of methoxy groups -OCH3 is 1. The van der Waals surface area contributed by atoms with Gasteiger partial charge in [0.25, 0.3) is 0 Å². The molecule has 2 aliphatic rings. The minimum absolute atomic E-state index is 0.0113. The molecule has 0 heterocycles. The van der Waals surface area contributed by atoms with Crippen LogP contribution in [-0.2, 0) is 20.7 Å². The molecule has 0 bridgehead atoms. The Hall–Kier alpha value is -4.29. The van der Waals surface area contributed by atoms with Crippen LogP contribution in [0.4, 0.5) is 0 Å². The van der Waals surface area contributed by atoms with Crippen LogP contribution in [0.1, 0.15) is 119 Å². The topological polar surface area (TPSA) is 157 Å². The summed E-state index contributed by atoms with van der Waals surface area (Å²) in [6.45, 7) is 4.01. The number of ether oxygens (including phenoxy) is 2. The predicted molar refractivity (Wildman–Crippen MR) is 193 cm³/mol. The Morgan fingerprint density at radius 2 is 1.86 bits per heavy atom. The summed E-state index contributed by atoms with van der Waals surface area (Å²) in [5.41, 5.74) is 14.7. The number of phenolic OH excluding ortho intramolecular Hbond substituents is 2. The first-order valence-corrected chi connectivity index (χ1v) is 17.7. The third-order valence-corrected chi connectivity index (χ3v) is 9.62. The van der Waals surface area contributed by atoms with Crippen LogP contribution in [0.15, 0.2) is 47.5 Å². The molecule has 4 atom stereocenters. The monoisotopic (exact) mass is 671 g/mol. The summed E-state index contributed by atoms with van der Waals surface area (Å²) >= 11 is 0. The number of hydrogen-bond donors (Lipinski definition) is 4. The van der Waals surface area contributed by atoms with Crippen molar-refractivity contribution >= 4 is 17.5 Å². The number of guanidine groups is 1. The fourth-order valence-electron chi connectivity index (χ4n) is 7.17. The number of hydrogen-bond acceptors (Lipinski definition) is 7. The molecule has 2 aromatic rings. The number of aromatic hydroxyl groups is 2. The molecule has 0 spiro atoms. The summed E-state index contributed by atoms with van der Waals surface area (Å²) in [7, 11) is 1.65. The van der Waals surface area contributed by atoms with Crippen molar-refractivity contribution in [2.45, 2.75) is 115 Å². The second-order valence-corrected chi connectivity index (χ2v) is 13.5. The molecule has 264 valence electrons. The molecule has 0 saturated heterocycles. The molecule has 4 rings (SSSR count). The van der Waals surface area contributed by atoms with E-state index in [4.69, 9.17) is 20.9 Å². The van der Waals surface area contributed by atoms with Gasteiger partial charge in [-0.25, -0.2) is 4.99 Å². The molecule has 2 aromatic carbocycles. The van der Waals surface area contributed by atoms with E-state index in [-0.39, 0.29) is 53.4 Å². The number of aryl methyl sites for hydroxylation is 1. The number of aliphatic imine (C=N–C) groups is 1. The van der Waals surface area contributed by atoms with Crippen molar-refractivity contribution in [3.63, 3.8) is 0 Å². The van der Waals surface area contributed by atoms with Crippen molar-refractivity contribution in [1.29, 1.82) is 0 Å². The zero-order chi connectivity index (χ0) is 35.3. The molecular weight excluding hydrogens is 618 g/mol. The van der Waals surface area contributed by atoms with Gasteiger partial charge in [0.15, 0.2) is 23.2 Å². The minimum atomic E-state index is -0.498. The number of nitrogens with zero attached hydrogens (tertiary/aromatic N) is 1. The van der Waals surface area contributed by atoms with Crippen LogP contribution in [0.3, 0.4) is 0 Å². The number of phenols is 2. The van der Waals surface area contributed by atoms with Crippen LogP contribution in [0.25, 0.3) is 0 Å². The highest BCUT2D eigenvalue weighted by Gasteiger charge is 2.34. The van der Waals surface area contributed by atoms with Crippen molar-refractivity contribution in [2.75, 3.05) is 13.7 Å². The van der Waals surface area contributed by atoms with Crippen LogP contribution in [-0.4, -0.2) is 53.6 Å². The van der Waals surface area contributed by atoms with Crippen LogP contribution in [0.5, 0.6) is 17.2 Å². The lowest BCUT2D eigenvalue weighted by atomic mass is 9.74. The first kappa shape index (κ1) is 37.5. The molecule has 9 heteroatoms. The van der Waals surface area contributed by atoms with Gasteiger partial charge in [0.05, 0.1) is 18.1 Å². The first-order valence-electron chi connectivity index (χ1n) is 17.7. The van der Waals surface area contributed by atoms with Gasteiger partial charge in [0, 0.05) is 37.7 Å². The van der Waals surface area contributed by atoms with Gasteiger partial charge >= 0.3 is 0 Å². The molecular formula is C40H53N3O6. The van der Waals surface area contributed by atoms with Crippen LogP contribution >= 0.6 is 0 Å². The Morgan fingerprint density at radius 1 is 1.08 bits per heavy atom. The van der Waals surface area contributed by atoms with E-state index in [1.54, 1.807) is 38.3 Å². The molecule has 6 N–H and O–H groups in total. The number of nitrogens with two attached hydrogens (primary N) is 2. The highest BCUT2D eigenvalue weighted by atomic mass is 16.5. The summed E-state index contributed by atoms with van der Waals surface area (Å²) in [6.07, 6.45) is 11.8. The van der Waals surface area contributed by atoms with Crippen molar-refractivity contribution in [3.8, 4) is 29.1 Å². The zero-order valence-corrected chi connectivity index (χ0v) is 29.2. The number of ketones is 2. The van der Waals surface area contributed by atoms with E-state index in [2.05, 4.69) is 23.8 Å². The summed E-state index contributed by atoms with van der Waals surface area (Å²) in [6, 6.07) is 8.33.